The molecule has 0 bridgehead atoms. The van der Waals surface area contributed by atoms with Crippen molar-refractivity contribution < 1.29 is 15.8 Å². The van der Waals surface area contributed by atoms with Gasteiger partial charge in [-0.3, -0.25) is 0 Å². The molecule has 0 amide bonds. The van der Waals surface area contributed by atoms with Crippen molar-refractivity contribution in [2.24, 2.45) is 0 Å². The van der Waals surface area contributed by atoms with Gasteiger partial charge in [0, 0.05) is 37.7 Å². The van der Waals surface area contributed by atoms with Crippen molar-refractivity contribution in [3.05, 3.63) is 10.1 Å². The number of nitrogens with zero attached hydrogens (tertiary/aromatic N) is 1. The van der Waals surface area contributed by atoms with Crippen molar-refractivity contribution in [3.8, 4) is 0 Å². The van der Waals surface area contributed by atoms with Gasteiger partial charge in [0.15, 0.2) is 0 Å². The summed E-state index contributed by atoms with van der Waals surface area (Å²) in [5, 5.41) is 13.6. The van der Waals surface area contributed by atoms with Crippen molar-refractivity contribution in [1.29, 1.82) is 0 Å². The second-order valence-corrected chi connectivity index (χ2v) is 0.238. The molecule has 5 nitrogen and oxygen atoms in total. The van der Waals surface area contributed by atoms with Gasteiger partial charge >= 0.3 is 0 Å². The summed E-state index contributed by atoms with van der Waals surface area (Å²) in [6.45, 7) is 0. The summed E-state index contributed by atoms with van der Waals surface area (Å²) in [5.74, 6) is 0. The normalized spacial score (nSPS) is 4.00. The zero-order valence-corrected chi connectivity index (χ0v) is 5.13. The Bertz CT molecular complexity index is 30.5. The van der Waals surface area contributed by atoms with Crippen LogP contribution in [0.4, 0.5) is 0 Å². The van der Waals surface area contributed by atoms with Gasteiger partial charge in [-0.1, -0.05) is 0 Å². The summed E-state index contributed by atoms with van der Waals surface area (Å²) in [6.07, 6.45) is 0. The van der Waals surface area contributed by atoms with Crippen LogP contribution in [0.5, 0.6) is 0 Å². The second kappa shape index (κ2) is 9.05. The van der Waals surface area contributed by atoms with Crippen molar-refractivity contribution in [2.75, 3.05) is 0 Å². The quantitative estimate of drug-likeness (QED) is 0.238. The van der Waals surface area contributed by atoms with E-state index in [1.54, 1.807) is 0 Å². The summed E-state index contributed by atoms with van der Waals surface area (Å²) < 4.78 is 0. The fourth-order valence-electron chi connectivity index (χ4n) is 0. The fourth-order valence-corrected chi connectivity index (χ4v) is 0. The SMILES string of the molecule is O.O=[N+]([O-])O.[Ca]. The molecule has 0 atom stereocenters. The van der Waals surface area contributed by atoms with Gasteiger partial charge in [-0.2, -0.15) is 0 Å². The molecule has 0 saturated carbocycles. The zero-order valence-electron chi connectivity index (χ0n) is 2.92. The first-order chi connectivity index (χ1) is 1.73. The Morgan fingerprint density at radius 3 is 1.67 bits per heavy atom. The van der Waals surface area contributed by atoms with Crippen LogP contribution in [-0.2, 0) is 0 Å². The first-order valence-electron chi connectivity index (χ1n) is 0.565. The third kappa shape index (κ3) is 293. The van der Waals surface area contributed by atoms with Crippen LogP contribution in [0.2, 0.25) is 0 Å². The average Bonchev–Trinajstić information content (AvgIpc) is 0.811. The van der Waals surface area contributed by atoms with Crippen molar-refractivity contribution in [1.82, 2.24) is 0 Å². The molecule has 2 radical (unpaired) electrons. The molecule has 6 heavy (non-hydrogen) atoms. The van der Waals surface area contributed by atoms with Crippen molar-refractivity contribution in [2.45, 2.75) is 0 Å². The Morgan fingerprint density at radius 2 is 1.67 bits per heavy atom. The Labute approximate surface area is 63.4 Å². The van der Waals surface area contributed by atoms with Crippen LogP contribution >= 0.6 is 0 Å². The molecule has 0 aromatic heterocycles. The van der Waals surface area contributed by atoms with E-state index < -0.39 is 5.09 Å². The minimum atomic E-state index is -1.50. The molecule has 0 unspecified atom stereocenters. The van der Waals surface area contributed by atoms with Crippen LogP contribution in [0.15, 0.2) is 0 Å². The standard InChI is InChI=1S/Ca.HNO3.H2O/c;2-1(3)4;/h;(H,2,3,4);1H2. The predicted octanol–water partition coefficient (Wildman–Crippen LogP) is -1.55. The number of rotatable bonds is 0. The van der Waals surface area contributed by atoms with E-state index in [1.165, 1.54) is 0 Å². The van der Waals surface area contributed by atoms with Gasteiger partial charge in [0.05, 0.1) is 0 Å². The second-order valence-electron chi connectivity index (χ2n) is 0.238. The van der Waals surface area contributed by atoms with Crippen LogP contribution in [-0.4, -0.2) is 53.5 Å². The molecule has 3 N–H and O–H groups in total. The maximum absolute atomic E-state index is 8.36. The first-order valence-corrected chi connectivity index (χ1v) is 0.565. The Hall–Kier alpha value is 0.420. The molecule has 34 valence electrons. The van der Waals surface area contributed by atoms with Crippen LogP contribution in [0.1, 0.15) is 0 Å². The van der Waals surface area contributed by atoms with Gasteiger partial charge in [0.1, 0.15) is 0 Å². The Balaban J connectivity index is -0.0000000450. The molecular formula is H3CaNO4. The topological polar surface area (TPSA) is 94.9 Å². The van der Waals surface area contributed by atoms with Gasteiger partial charge in [0.2, 0.25) is 0 Å². The Morgan fingerprint density at radius 1 is 1.67 bits per heavy atom. The molecular weight excluding hydrogens is 118 g/mol. The molecule has 0 aromatic carbocycles. The summed E-state index contributed by atoms with van der Waals surface area (Å²) in [5.41, 5.74) is 0. The fraction of sp³-hybridized carbons (Fsp3) is 0. The molecule has 0 spiro atoms. The molecule has 0 aliphatic carbocycles. The van der Waals surface area contributed by atoms with E-state index in [0.717, 1.165) is 0 Å². The minimum Gasteiger partial charge on any atom is -0.412 e. The largest absolute Gasteiger partial charge is 0.412 e. The number of hydrogen-bond acceptors (Lipinski definition) is 2. The van der Waals surface area contributed by atoms with E-state index in [0.29, 0.717) is 0 Å². The van der Waals surface area contributed by atoms with E-state index in [1.807, 2.05) is 0 Å². The summed E-state index contributed by atoms with van der Waals surface area (Å²) in [7, 11) is 0. The molecule has 0 aliphatic rings. The van der Waals surface area contributed by atoms with Crippen LogP contribution < -0.4 is 0 Å². The van der Waals surface area contributed by atoms with E-state index in [9.17, 15) is 0 Å². The summed E-state index contributed by atoms with van der Waals surface area (Å²) in [4.78, 5) is 8.36. The maximum atomic E-state index is 8.36. The summed E-state index contributed by atoms with van der Waals surface area (Å²) in [6, 6.07) is 0. The van der Waals surface area contributed by atoms with E-state index in [2.05, 4.69) is 0 Å². The maximum Gasteiger partial charge on any atom is 0.291 e. The smallest absolute Gasteiger partial charge is 0.291 e. The molecule has 0 heterocycles. The van der Waals surface area contributed by atoms with Crippen molar-refractivity contribution >= 4 is 37.7 Å². The van der Waals surface area contributed by atoms with Gasteiger partial charge in [0.25, 0.3) is 5.09 Å². The van der Waals surface area contributed by atoms with Crippen LogP contribution in [0, 0.1) is 10.1 Å². The average molecular weight is 121 g/mol. The van der Waals surface area contributed by atoms with E-state index in [-0.39, 0.29) is 43.2 Å². The monoisotopic (exact) mass is 121 g/mol. The van der Waals surface area contributed by atoms with Crippen LogP contribution in [0.3, 0.4) is 0 Å². The van der Waals surface area contributed by atoms with E-state index >= 15 is 0 Å². The third-order valence-corrected chi connectivity index (χ3v) is 0. The van der Waals surface area contributed by atoms with Gasteiger partial charge in [-0.05, 0) is 0 Å². The molecule has 0 rings (SSSR count). The molecule has 0 aromatic rings. The minimum absolute atomic E-state index is 0. The predicted molar refractivity (Wildman–Crippen MR) is 18.1 cm³/mol. The number of hydrogen-bond donors (Lipinski definition) is 1. The molecule has 6 heteroatoms. The van der Waals surface area contributed by atoms with E-state index in [4.69, 9.17) is 15.3 Å². The first kappa shape index (κ1) is 16.1. The molecule has 0 saturated heterocycles. The summed E-state index contributed by atoms with van der Waals surface area (Å²) >= 11 is 0. The Kier molecular flexibility index (Phi) is 24.3. The van der Waals surface area contributed by atoms with Crippen molar-refractivity contribution in [3.63, 3.8) is 0 Å². The molecule has 0 fully saturated rings. The molecule has 0 aliphatic heterocycles. The zero-order chi connectivity index (χ0) is 3.58. The third-order valence-electron chi connectivity index (χ3n) is 0. The van der Waals surface area contributed by atoms with Crippen LogP contribution in [0.25, 0.3) is 0 Å². The van der Waals surface area contributed by atoms with Gasteiger partial charge in [-0.25, -0.2) is 0 Å². The van der Waals surface area contributed by atoms with Gasteiger partial charge < -0.3 is 10.7 Å². The van der Waals surface area contributed by atoms with Gasteiger partial charge in [-0.15, -0.1) is 10.1 Å².